The molecule has 0 bridgehead atoms. The summed E-state index contributed by atoms with van der Waals surface area (Å²) < 4.78 is 0. The van der Waals surface area contributed by atoms with Crippen LogP contribution in [-0.2, 0) is 4.79 Å². The van der Waals surface area contributed by atoms with Crippen molar-refractivity contribution in [1.29, 1.82) is 0 Å². The maximum atomic E-state index is 13.3. The second kappa shape index (κ2) is 10.2. The monoisotopic (exact) mass is 533 g/mol. The second-order valence-electron chi connectivity index (χ2n) is 10.1. The highest BCUT2D eigenvalue weighted by Gasteiger charge is 2.58. The molecule has 0 aromatic heterocycles. The Morgan fingerprint density at radius 1 is 0.943 bits per heavy atom. The summed E-state index contributed by atoms with van der Waals surface area (Å²) in [5.41, 5.74) is 1.11. The molecule has 186 valence electrons. The minimum absolute atomic E-state index is 0.0476. The van der Waals surface area contributed by atoms with Gasteiger partial charge >= 0.3 is 6.03 Å². The van der Waals surface area contributed by atoms with Gasteiger partial charge in [-0.2, -0.15) is 0 Å². The Labute approximate surface area is 221 Å². The molecule has 3 N–H and O–H groups in total. The molecule has 2 aliphatic carbocycles. The maximum Gasteiger partial charge on any atom is 0.315 e. The SMILES string of the molecule is O=C(NC1CCCCC1)N[C@@]12CC[C@@H](c3ccc(Cl)cc3Cl)[C@H](c3ccc(Cl)cc3)[C@@H]1CNC2=O. The quantitative estimate of drug-likeness (QED) is 0.423. The number of halogens is 3. The Kier molecular flexibility index (Phi) is 7.20. The van der Waals surface area contributed by atoms with E-state index in [1.54, 1.807) is 6.07 Å². The molecule has 8 heteroatoms. The molecule has 4 atom stereocenters. The fraction of sp³-hybridized carbons (Fsp3) is 0.481. The lowest BCUT2D eigenvalue weighted by molar-refractivity contribution is -0.126. The van der Waals surface area contributed by atoms with Crippen LogP contribution in [0.1, 0.15) is 67.9 Å². The van der Waals surface area contributed by atoms with Crippen molar-refractivity contribution < 1.29 is 9.59 Å². The van der Waals surface area contributed by atoms with Crippen LogP contribution in [0.2, 0.25) is 15.1 Å². The molecular formula is C27H30Cl3N3O2. The number of hydrogen-bond acceptors (Lipinski definition) is 2. The molecule has 5 nitrogen and oxygen atoms in total. The minimum Gasteiger partial charge on any atom is -0.354 e. The largest absolute Gasteiger partial charge is 0.354 e. The number of amides is 3. The van der Waals surface area contributed by atoms with Gasteiger partial charge in [-0.3, -0.25) is 4.79 Å². The van der Waals surface area contributed by atoms with Crippen LogP contribution >= 0.6 is 34.8 Å². The highest BCUT2D eigenvalue weighted by atomic mass is 35.5. The third-order valence-electron chi connectivity index (χ3n) is 8.13. The third-order valence-corrected chi connectivity index (χ3v) is 8.95. The molecule has 35 heavy (non-hydrogen) atoms. The van der Waals surface area contributed by atoms with Gasteiger partial charge in [0.05, 0.1) is 0 Å². The van der Waals surface area contributed by atoms with Gasteiger partial charge in [0.15, 0.2) is 0 Å². The first-order chi connectivity index (χ1) is 16.9. The Hall–Kier alpha value is -1.95. The molecule has 5 rings (SSSR count). The van der Waals surface area contributed by atoms with Gasteiger partial charge in [0, 0.05) is 33.6 Å². The van der Waals surface area contributed by atoms with Gasteiger partial charge < -0.3 is 16.0 Å². The van der Waals surface area contributed by atoms with Crippen molar-refractivity contribution in [2.75, 3.05) is 6.54 Å². The Bertz CT molecular complexity index is 1100. The molecule has 1 heterocycles. The first-order valence-electron chi connectivity index (χ1n) is 12.4. The van der Waals surface area contributed by atoms with Gasteiger partial charge in [0.1, 0.15) is 5.54 Å². The van der Waals surface area contributed by atoms with Crippen molar-refractivity contribution in [3.05, 3.63) is 68.7 Å². The van der Waals surface area contributed by atoms with Gasteiger partial charge in [0.25, 0.3) is 0 Å². The minimum atomic E-state index is -0.974. The number of benzene rings is 2. The van der Waals surface area contributed by atoms with Crippen molar-refractivity contribution in [1.82, 2.24) is 16.0 Å². The van der Waals surface area contributed by atoms with Crippen LogP contribution in [0.5, 0.6) is 0 Å². The number of fused-ring (bicyclic) bond motifs is 1. The number of nitrogens with one attached hydrogen (secondary N) is 3. The van der Waals surface area contributed by atoms with E-state index >= 15 is 0 Å². The van der Waals surface area contributed by atoms with Gasteiger partial charge in [-0.05, 0) is 72.9 Å². The molecule has 3 aliphatic rings. The Morgan fingerprint density at radius 2 is 1.66 bits per heavy atom. The summed E-state index contributed by atoms with van der Waals surface area (Å²) in [5.74, 6) is -0.233. The normalized spacial score (nSPS) is 28.8. The van der Waals surface area contributed by atoms with E-state index in [-0.39, 0.29) is 35.7 Å². The summed E-state index contributed by atoms with van der Waals surface area (Å²) in [6.45, 7) is 0.484. The van der Waals surface area contributed by atoms with E-state index in [0.29, 0.717) is 34.5 Å². The molecule has 3 amide bonds. The van der Waals surface area contributed by atoms with Gasteiger partial charge in [-0.1, -0.05) is 72.3 Å². The first-order valence-corrected chi connectivity index (χ1v) is 13.6. The maximum absolute atomic E-state index is 13.3. The van der Waals surface area contributed by atoms with Crippen LogP contribution in [0.15, 0.2) is 42.5 Å². The van der Waals surface area contributed by atoms with Gasteiger partial charge in [-0.25, -0.2) is 4.79 Å². The standard InChI is InChI=1S/C27H30Cl3N3O2/c28-17-8-6-16(7-9-17)24-21(20-11-10-18(29)14-23(20)30)12-13-27(22(24)15-31-25(27)34)33-26(35)32-19-4-2-1-3-5-19/h6-11,14,19,21-22,24H,1-5,12-13,15H2,(H,31,34)(H2,32,33,35)/t21-,22-,24-,27-/m0/s1. The highest BCUT2D eigenvalue weighted by molar-refractivity contribution is 6.35. The summed E-state index contributed by atoms with van der Waals surface area (Å²) >= 11 is 19.1. The smallest absolute Gasteiger partial charge is 0.315 e. The lowest BCUT2D eigenvalue weighted by atomic mass is 9.60. The molecule has 0 radical (unpaired) electrons. The number of urea groups is 1. The summed E-state index contributed by atoms with van der Waals surface area (Å²) in [4.78, 5) is 26.5. The third kappa shape index (κ3) is 4.87. The van der Waals surface area contributed by atoms with E-state index in [0.717, 1.165) is 36.8 Å². The van der Waals surface area contributed by atoms with Gasteiger partial charge in [-0.15, -0.1) is 0 Å². The van der Waals surface area contributed by atoms with Crippen LogP contribution in [0.3, 0.4) is 0 Å². The molecule has 0 unspecified atom stereocenters. The predicted molar refractivity (Wildman–Crippen MR) is 140 cm³/mol. The topological polar surface area (TPSA) is 70.2 Å². The first kappa shape index (κ1) is 24.7. The van der Waals surface area contributed by atoms with Crippen molar-refractivity contribution >= 4 is 46.7 Å². The zero-order valence-corrected chi connectivity index (χ0v) is 21.7. The molecular weight excluding hydrogens is 505 g/mol. The zero-order chi connectivity index (χ0) is 24.6. The lowest BCUT2D eigenvalue weighted by Crippen LogP contribution is -2.63. The molecule has 2 aromatic carbocycles. The van der Waals surface area contributed by atoms with Crippen LogP contribution in [0.25, 0.3) is 0 Å². The average Bonchev–Trinajstić information content (AvgIpc) is 3.16. The summed E-state index contributed by atoms with van der Waals surface area (Å²) in [7, 11) is 0. The van der Waals surface area contributed by atoms with Crippen LogP contribution in [-0.4, -0.2) is 30.1 Å². The van der Waals surface area contributed by atoms with E-state index in [9.17, 15) is 9.59 Å². The van der Waals surface area contributed by atoms with Crippen molar-refractivity contribution in [2.24, 2.45) is 5.92 Å². The van der Waals surface area contributed by atoms with Crippen molar-refractivity contribution in [3.63, 3.8) is 0 Å². The zero-order valence-electron chi connectivity index (χ0n) is 19.5. The van der Waals surface area contributed by atoms with E-state index in [1.165, 1.54) is 6.42 Å². The van der Waals surface area contributed by atoms with E-state index in [4.69, 9.17) is 34.8 Å². The predicted octanol–water partition coefficient (Wildman–Crippen LogP) is 6.42. The summed E-state index contributed by atoms with van der Waals surface area (Å²) in [5, 5.41) is 11.2. The van der Waals surface area contributed by atoms with E-state index in [1.807, 2.05) is 36.4 Å². The lowest BCUT2D eigenvalue weighted by Gasteiger charge is -2.47. The molecule has 2 aromatic rings. The number of carbonyl (C=O) groups is 2. The fourth-order valence-electron chi connectivity index (χ4n) is 6.46. The van der Waals surface area contributed by atoms with Crippen LogP contribution < -0.4 is 16.0 Å². The van der Waals surface area contributed by atoms with Crippen molar-refractivity contribution in [2.45, 2.75) is 68.4 Å². The van der Waals surface area contributed by atoms with Crippen molar-refractivity contribution in [3.8, 4) is 0 Å². The van der Waals surface area contributed by atoms with E-state index < -0.39 is 5.54 Å². The molecule has 3 fully saturated rings. The Morgan fingerprint density at radius 3 is 2.37 bits per heavy atom. The summed E-state index contributed by atoms with van der Waals surface area (Å²) in [6, 6.07) is 13.3. The molecule has 1 aliphatic heterocycles. The van der Waals surface area contributed by atoms with Crippen LogP contribution in [0, 0.1) is 5.92 Å². The fourth-order valence-corrected chi connectivity index (χ4v) is 7.14. The van der Waals surface area contributed by atoms with Gasteiger partial charge in [0.2, 0.25) is 5.91 Å². The molecule has 2 saturated carbocycles. The number of carbonyl (C=O) groups excluding carboxylic acids is 2. The number of hydrogen-bond donors (Lipinski definition) is 3. The Balaban J connectivity index is 1.49. The number of rotatable bonds is 4. The second-order valence-corrected chi connectivity index (χ2v) is 11.4. The van der Waals surface area contributed by atoms with Crippen LogP contribution in [0.4, 0.5) is 4.79 Å². The molecule has 1 saturated heterocycles. The van der Waals surface area contributed by atoms with E-state index in [2.05, 4.69) is 16.0 Å². The molecule has 0 spiro atoms. The summed E-state index contributed by atoms with van der Waals surface area (Å²) in [6.07, 6.45) is 6.67. The highest BCUT2D eigenvalue weighted by Crippen LogP contribution is 2.54. The average molecular weight is 535 g/mol.